The molecule has 104 valence electrons. The van der Waals surface area contributed by atoms with Crippen LogP contribution >= 0.6 is 11.8 Å². The van der Waals surface area contributed by atoms with E-state index in [0.717, 1.165) is 12.2 Å². The maximum atomic E-state index is 9.57. The SMILES string of the molecule is Cc1occc1SC(C)CC(C)(CO)NC(C)C. The highest BCUT2D eigenvalue weighted by Gasteiger charge is 2.27. The lowest BCUT2D eigenvalue weighted by Gasteiger charge is -2.33. The van der Waals surface area contributed by atoms with Gasteiger partial charge in [-0.05, 0) is 26.3 Å². The minimum atomic E-state index is -0.224. The number of aliphatic hydroxyl groups excluding tert-OH is 1. The van der Waals surface area contributed by atoms with Crippen molar-refractivity contribution in [2.24, 2.45) is 0 Å². The molecule has 0 aliphatic heterocycles. The van der Waals surface area contributed by atoms with Crippen molar-refractivity contribution >= 4 is 11.8 Å². The van der Waals surface area contributed by atoms with Crippen molar-refractivity contribution in [3.63, 3.8) is 0 Å². The van der Waals surface area contributed by atoms with E-state index < -0.39 is 0 Å². The third kappa shape index (κ3) is 4.67. The van der Waals surface area contributed by atoms with Crippen molar-refractivity contribution in [2.45, 2.75) is 62.8 Å². The molecule has 0 spiro atoms. The lowest BCUT2D eigenvalue weighted by molar-refractivity contribution is 0.157. The molecule has 0 aliphatic carbocycles. The van der Waals surface area contributed by atoms with Crippen molar-refractivity contribution < 1.29 is 9.52 Å². The summed E-state index contributed by atoms with van der Waals surface area (Å²) >= 11 is 1.80. The number of hydrogen-bond acceptors (Lipinski definition) is 4. The molecule has 2 unspecified atom stereocenters. The summed E-state index contributed by atoms with van der Waals surface area (Å²) in [6.45, 7) is 10.6. The summed E-state index contributed by atoms with van der Waals surface area (Å²) in [6, 6.07) is 2.37. The monoisotopic (exact) mass is 271 g/mol. The van der Waals surface area contributed by atoms with Crippen LogP contribution in [0, 0.1) is 6.92 Å². The first-order chi connectivity index (χ1) is 8.36. The van der Waals surface area contributed by atoms with Crippen LogP contribution in [0.5, 0.6) is 0 Å². The summed E-state index contributed by atoms with van der Waals surface area (Å²) in [5.74, 6) is 0.967. The van der Waals surface area contributed by atoms with Gasteiger partial charge < -0.3 is 14.8 Å². The Morgan fingerprint density at radius 3 is 2.56 bits per heavy atom. The third-order valence-electron chi connectivity index (χ3n) is 2.86. The van der Waals surface area contributed by atoms with Crippen LogP contribution in [0.4, 0.5) is 0 Å². The van der Waals surface area contributed by atoms with E-state index in [4.69, 9.17) is 4.42 Å². The zero-order valence-electron chi connectivity index (χ0n) is 12.0. The molecule has 4 heteroatoms. The normalized spacial score (nSPS) is 16.8. The maximum Gasteiger partial charge on any atom is 0.114 e. The standard InChI is InChI=1S/C14H25NO2S/c1-10(2)15-14(5,9-16)8-11(3)18-13-6-7-17-12(13)4/h6-7,10-11,15-16H,8-9H2,1-5H3. The van der Waals surface area contributed by atoms with Crippen LogP contribution in [-0.2, 0) is 0 Å². The van der Waals surface area contributed by atoms with Crippen molar-refractivity contribution in [3.05, 3.63) is 18.1 Å². The van der Waals surface area contributed by atoms with Crippen LogP contribution in [-0.4, -0.2) is 28.5 Å². The van der Waals surface area contributed by atoms with Gasteiger partial charge in [0.1, 0.15) is 5.76 Å². The zero-order chi connectivity index (χ0) is 13.8. The van der Waals surface area contributed by atoms with Gasteiger partial charge >= 0.3 is 0 Å². The molecular weight excluding hydrogens is 246 g/mol. The third-order valence-corrected chi connectivity index (χ3v) is 4.11. The highest BCUT2D eigenvalue weighted by molar-refractivity contribution is 8.00. The molecular formula is C14H25NO2S. The number of aryl methyl sites for hydroxylation is 1. The predicted molar refractivity (Wildman–Crippen MR) is 77.1 cm³/mol. The average Bonchev–Trinajstić information content (AvgIpc) is 2.63. The van der Waals surface area contributed by atoms with Crippen LogP contribution in [0.25, 0.3) is 0 Å². The lowest BCUT2D eigenvalue weighted by Crippen LogP contribution is -2.50. The molecule has 0 saturated heterocycles. The molecule has 0 saturated carbocycles. The van der Waals surface area contributed by atoms with Gasteiger partial charge in [0.25, 0.3) is 0 Å². The molecule has 0 bridgehead atoms. The molecule has 0 aromatic carbocycles. The number of nitrogens with one attached hydrogen (secondary N) is 1. The first-order valence-electron chi connectivity index (χ1n) is 6.45. The number of thioether (sulfide) groups is 1. The maximum absolute atomic E-state index is 9.57. The van der Waals surface area contributed by atoms with Crippen LogP contribution in [0.2, 0.25) is 0 Å². The lowest BCUT2D eigenvalue weighted by atomic mass is 9.96. The van der Waals surface area contributed by atoms with Crippen LogP contribution in [0.1, 0.15) is 39.9 Å². The second-order valence-electron chi connectivity index (χ2n) is 5.49. The Balaban J connectivity index is 2.57. The van der Waals surface area contributed by atoms with Gasteiger partial charge in [0.15, 0.2) is 0 Å². The molecule has 0 amide bonds. The Hall–Kier alpha value is -0.450. The fourth-order valence-corrected chi connectivity index (χ4v) is 3.49. The average molecular weight is 271 g/mol. The summed E-state index contributed by atoms with van der Waals surface area (Å²) < 4.78 is 5.30. The quantitative estimate of drug-likeness (QED) is 0.748. The molecule has 0 radical (unpaired) electrons. The fraction of sp³-hybridized carbons (Fsp3) is 0.714. The molecule has 0 aliphatic rings. The highest BCUT2D eigenvalue weighted by atomic mass is 32.2. The Morgan fingerprint density at radius 2 is 2.11 bits per heavy atom. The van der Waals surface area contributed by atoms with E-state index in [0.29, 0.717) is 11.3 Å². The molecule has 18 heavy (non-hydrogen) atoms. The first kappa shape index (κ1) is 15.6. The van der Waals surface area contributed by atoms with Crippen molar-refractivity contribution in [2.75, 3.05) is 6.61 Å². The molecule has 0 fully saturated rings. The van der Waals surface area contributed by atoms with Gasteiger partial charge in [0.2, 0.25) is 0 Å². The van der Waals surface area contributed by atoms with E-state index >= 15 is 0 Å². The van der Waals surface area contributed by atoms with E-state index in [9.17, 15) is 5.11 Å². The number of hydrogen-bond donors (Lipinski definition) is 2. The minimum absolute atomic E-state index is 0.153. The van der Waals surface area contributed by atoms with E-state index in [1.807, 2.05) is 13.0 Å². The van der Waals surface area contributed by atoms with Crippen molar-refractivity contribution in [3.8, 4) is 0 Å². The van der Waals surface area contributed by atoms with Gasteiger partial charge in [-0.1, -0.05) is 20.8 Å². The highest BCUT2D eigenvalue weighted by Crippen LogP contribution is 2.31. The molecule has 1 aromatic heterocycles. The van der Waals surface area contributed by atoms with Gasteiger partial charge in [-0.3, -0.25) is 0 Å². The molecule has 2 N–H and O–H groups in total. The van der Waals surface area contributed by atoms with Gasteiger partial charge in [-0.2, -0.15) is 0 Å². The van der Waals surface area contributed by atoms with E-state index in [-0.39, 0.29) is 12.1 Å². The summed E-state index contributed by atoms with van der Waals surface area (Å²) in [6.07, 6.45) is 2.64. The van der Waals surface area contributed by atoms with Crippen LogP contribution < -0.4 is 5.32 Å². The molecule has 2 atom stereocenters. The number of aliphatic hydroxyl groups is 1. The Kier molecular flexibility index (Phi) is 5.76. The zero-order valence-corrected chi connectivity index (χ0v) is 12.8. The summed E-state index contributed by atoms with van der Waals surface area (Å²) in [5, 5.41) is 13.4. The summed E-state index contributed by atoms with van der Waals surface area (Å²) in [4.78, 5) is 1.19. The second-order valence-corrected chi connectivity index (χ2v) is 6.97. The van der Waals surface area contributed by atoms with Gasteiger partial charge in [0.05, 0.1) is 12.9 Å². The van der Waals surface area contributed by atoms with Gasteiger partial charge in [0, 0.05) is 21.7 Å². The molecule has 1 rings (SSSR count). The van der Waals surface area contributed by atoms with Crippen LogP contribution in [0.15, 0.2) is 21.6 Å². The van der Waals surface area contributed by atoms with E-state index in [2.05, 4.69) is 33.0 Å². The van der Waals surface area contributed by atoms with Crippen LogP contribution in [0.3, 0.4) is 0 Å². The van der Waals surface area contributed by atoms with Gasteiger partial charge in [-0.15, -0.1) is 11.8 Å². The van der Waals surface area contributed by atoms with Crippen molar-refractivity contribution in [1.82, 2.24) is 5.32 Å². The van der Waals surface area contributed by atoms with E-state index in [1.165, 1.54) is 4.90 Å². The largest absolute Gasteiger partial charge is 0.468 e. The van der Waals surface area contributed by atoms with Crippen molar-refractivity contribution in [1.29, 1.82) is 0 Å². The smallest absolute Gasteiger partial charge is 0.114 e. The molecule has 3 nitrogen and oxygen atoms in total. The van der Waals surface area contributed by atoms with E-state index in [1.54, 1.807) is 18.0 Å². The Morgan fingerprint density at radius 1 is 1.44 bits per heavy atom. The Labute approximate surface area is 114 Å². The van der Waals surface area contributed by atoms with Gasteiger partial charge in [-0.25, -0.2) is 0 Å². The fourth-order valence-electron chi connectivity index (χ4n) is 2.25. The summed E-state index contributed by atoms with van der Waals surface area (Å²) in [7, 11) is 0. The molecule has 1 aromatic rings. The molecule has 1 heterocycles. The number of rotatable bonds is 7. The topological polar surface area (TPSA) is 45.4 Å². The summed E-state index contributed by atoms with van der Waals surface area (Å²) in [5.41, 5.74) is -0.224. The first-order valence-corrected chi connectivity index (χ1v) is 7.33. The number of furan rings is 1. The predicted octanol–water partition coefficient (Wildman–Crippen LogP) is 3.21. The minimum Gasteiger partial charge on any atom is -0.468 e. The second kappa shape index (κ2) is 6.64. The Bertz CT molecular complexity index is 364.